The third-order valence-electron chi connectivity index (χ3n) is 1.90. The summed E-state index contributed by atoms with van der Waals surface area (Å²) in [7, 11) is 0. The second-order valence-corrected chi connectivity index (χ2v) is 3.00. The highest BCUT2D eigenvalue weighted by molar-refractivity contribution is 5.45. The molecule has 1 heterocycles. The van der Waals surface area contributed by atoms with Crippen molar-refractivity contribution in [3.63, 3.8) is 0 Å². The van der Waals surface area contributed by atoms with Gasteiger partial charge in [0, 0.05) is 18.3 Å². The molecule has 0 radical (unpaired) electrons. The van der Waals surface area contributed by atoms with Crippen molar-refractivity contribution >= 4 is 0 Å². The number of hydrogen-bond acceptors (Lipinski definition) is 5. The third kappa shape index (κ3) is 3.22. The van der Waals surface area contributed by atoms with Gasteiger partial charge in [-0.1, -0.05) is 0 Å². The predicted octanol–water partition coefficient (Wildman–Crippen LogP) is 1.21. The van der Waals surface area contributed by atoms with Crippen LogP contribution in [0, 0.1) is 11.3 Å². The Morgan fingerprint density at radius 1 is 1.53 bits per heavy atom. The van der Waals surface area contributed by atoms with Crippen molar-refractivity contribution in [2.75, 3.05) is 0 Å². The first kappa shape index (κ1) is 13.1. The third-order valence-corrected chi connectivity index (χ3v) is 1.90. The SMILES string of the molecule is N#CCc1cnc(OC(F)(F)F)c(O)c1CN. The number of aromatic nitrogens is 1. The number of nitriles is 1. The lowest BCUT2D eigenvalue weighted by atomic mass is 10.1. The summed E-state index contributed by atoms with van der Waals surface area (Å²) in [6.45, 7) is -0.223. The summed E-state index contributed by atoms with van der Waals surface area (Å²) in [6.07, 6.45) is -4.04. The molecule has 8 heteroatoms. The zero-order valence-electron chi connectivity index (χ0n) is 8.45. The fourth-order valence-electron chi connectivity index (χ4n) is 1.21. The maximum atomic E-state index is 11.9. The molecule has 1 aromatic rings. The Kier molecular flexibility index (Phi) is 3.75. The van der Waals surface area contributed by atoms with Gasteiger partial charge in [-0.2, -0.15) is 5.26 Å². The minimum Gasteiger partial charge on any atom is -0.503 e. The van der Waals surface area contributed by atoms with E-state index in [4.69, 9.17) is 11.0 Å². The van der Waals surface area contributed by atoms with Crippen LogP contribution in [0.2, 0.25) is 0 Å². The molecule has 0 saturated carbocycles. The van der Waals surface area contributed by atoms with Gasteiger partial charge in [0.05, 0.1) is 12.5 Å². The lowest BCUT2D eigenvalue weighted by molar-refractivity contribution is -0.276. The van der Waals surface area contributed by atoms with Gasteiger partial charge in [0.15, 0.2) is 5.75 Å². The number of halogens is 3. The van der Waals surface area contributed by atoms with Gasteiger partial charge >= 0.3 is 6.36 Å². The van der Waals surface area contributed by atoms with E-state index in [1.54, 1.807) is 6.07 Å². The highest BCUT2D eigenvalue weighted by Crippen LogP contribution is 2.33. The Bertz CT molecular complexity index is 454. The Hall–Kier alpha value is -2.01. The first-order valence-corrected chi connectivity index (χ1v) is 4.41. The van der Waals surface area contributed by atoms with Crippen molar-refractivity contribution in [2.24, 2.45) is 5.73 Å². The van der Waals surface area contributed by atoms with Crippen LogP contribution >= 0.6 is 0 Å². The fourth-order valence-corrected chi connectivity index (χ4v) is 1.21. The van der Waals surface area contributed by atoms with Crippen LogP contribution in [0.5, 0.6) is 11.6 Å². The molecule has 17 heavy (non-hydrogen) atoms. The Labute approximate surface area is 94.2 Å². The Morgan fingerprint density at radius 3 is 2.65 bits per heavy atom. The molecule has 0 saturated heterocycles. The summed E-state index contributed by atoms with van der Waals surface area (Å²) in [5.74, 6) is -1.77. The highest BCUT2D eigenvalue weighted by atomic mass is 19.4. The van der Waals surface area contributed by atoms with E-state index < -0.39 is 18.0 Å². The number of nitrogens with two attached hydrogens (primary N) is 1. The van der Waals surface area contributed by atoms with Gasteiger partial charge in [-0.25, -0.2) is 4.98 Å². The quantitative estimate of drug-likeness (QED) is 0.837. The summed E-state index contributed by atoms with van der Waals surface area (Å²) in [6, 6.07) is 1.78. The van der Waals surface area contributed by atoms with Crippen LogP contribution in [-0.2, 0) is 13.0 Å². The van der Waals surface area contributed by atoms with Crippen LogP contribution in [0.25, 0.3) is 0 Å². The summed E-state index contributed by atoms with van der Waals surface area (Å²) in [5.41, 5.74) is 5.56. The van der Waals surface area contributed by atoms with E-state index in [-0.39, 0.29) is 24.1 Å². The molecule has 0 aliphatic rings. The lowest BCUT2D eigenvalue weighted by Crippen LogP contribution is -2.18. The fraction of sp³-hybridized carbons (Fsp3) is 0.333. The molecule has 0 spiro atoms. The van der Waals surface area contributed by atoms with Gasteiger partial charge in [0.1, 0.15) is 0 Å². The first-order chi connectivity index (χ1) is 7.89. The summed E-state index contributed by atoms with van der Waals surface area (Å²) in [4.78, 5) is 3.29. The standard InChI is InChI=1S/C9H8F3N3O2/c10-9(11,12)17-8-7(16)6(3-14)5(1-2-13)4-15-8/h4,16H,1,3,14H2. The van der Waals surface area contributed by atoms with Crippen LogP contribution in [-0.4, -0.2) is 16.5 Å². The second kappa shape index (κ2) is 4.88. The number of nitrogens with zero attached hydrogens (tertiary/aromatic N) is 2. The minimum absolute atomic E-state index is 0.0146. The topological polar surface area (TPSA) is 92.2 Å². The maximum Gasteiger partial charge on any atom is 0.574 e. The number of alkyl halides is 3. The van der Waals surface area contributed by atoms with Crippen molar-refractivity contribution < 1.29 is 23.0 Å². The second-order valence-electron chi connectivity index (χ2n) is 3.00. The van der Waals surface area contributed by atoms with Gasteiger partial charge in [-0.05, 0) is 5.56 Å². The molecular weight excluding hydrogens is 239 g/mol. The van der Waals surface area contributed by atoms with E-state index in [9.17, 15) is 18.3 Å². The van der Waals surface area contributed by atoms with Crippen molar-refractivity contribution in [2.45, 2.75) is 19.3 Å². The number of ether oxygens (including phenoxy) is 1. The van der Waals surface area contributed by atoms with E-state index in [1.807, 2.05) is 0 Å². The van der Waals surface area contributed by atoms with Crippen LogP contribution in [0.4, 0.5) is 13.2 Å². The van der Waals surface area contributed by atoms with E-state index in [2.05, 4.69) is 9.72 Å². The molecule has 0 atom stereocenters. The van der Waals surface area contributed by atoms with Crippen molar-refractivity contribution in [3.05, 3.63) is 17.3 Å². The molecule has 0 fully saturated rings. The van der Waals surface area contributed by atoms with Gasteiger partial charge < -0.3 is 15.6 Å². The van der Waals surface area contributed by atoms with Crippen molar-refractivity contribution in [1.29, 1.82) is 5.26 Å². The Balaban J connectivity index is 3.16. The van der Waals surface area contributed by atoms with E-state index in [0.29, 0.717) is 0 Å². The lowest BCUT2D eigenvalue weighted by Gasteiger charge is -2.13. The molecule has 92 valence electrons. The molecule has 1 rings (SSSR count). The molecule has 5 nitrogen and oxygen atoms in total. The monoisotopic (exact) mass is 247 g/mol. The number of aromatic hydroxyl groups is 1. The molecule has 0 amide bonds. The molecule has 0 unspecified atom stereocenters. The van der Waals surface area contributed by atoms with Crippen LogP contribution < -0.4 is 10.5 Å². The maximum absolute atomic E-state index is 11.9. The molecule has 1 aromatic heterocycles. The van der Waals surface area contributed by atoms with Gasteiger partial charge in [-0.3, -0.25) is 0 Å². The Morgan fingerprint density at radius 2 is 2.18 bits per heavy atom. The van der Waals surface area contributed by atoms with Gasteiger partial charge in [0.2, 0.25) is 0 Å². The van der Waals surface area contributed by atoms with Crippen LogP contribution in [0.3, 0.4) is 0 Å². The highest BCUT2D eigenvalue weighted by Gasteiger charge is 2.33. The molecular formula is C9H8F3N3O2. The average Bonchev–Trinajstić information content (AvgIpc) is 2.21. The minimum atomic E-state index is -4.95. The number of rotatable bonds is 3. The van der Waals surface area contributed by atoms with E-state index in [0.717, 1.165) is 6.20 Å². The normalized spacial score (nSPS) is 11.0. The van der Waals surface area contributed by atoms with Crippen molar-refractivity contribution in [1.82, 2.24) is 4.98 Å². The number of pyridine rings is 1. The number of hydrogen-bond donors (Lipinski definition) is 2. The first-order valence-electron chi connectivity index (χ1n) is 4.41. The zero-order valence-corrected chi connectivity index (χ0v) is 8.45. The van der Waals surface area contributed by atoms with Crippen LogP contribution in [0.1, 0.15) is 11.1 Å². The molecule has 3 N–H and O–H groups in total. The predicted molar refractivity (Wildman–Crippen MR) is 49.8 cm³/mol. The zero-order chi connectivity index (χ0) is 13.1. The van der Waals surface area contributed by atoms with Gasteiger partial charge in [0.25, 0.3) is 5.88 Å². The van der Waals surface area contributed by atoms with E-state index >= 15 is 0 Å². The summed E-state index contributed by atoms with van der Waals surface area (Å²) in [5, 5.41) is 18.0. The average molecular weight is 247 g/mol. The largest absolute Gasteiger partial charge is 0.574 e. The summed E-state index contributed by atoms with van der Waals surface area (Å²) >= 11 is 0. The molecule has 0 aromatic carbocycles. The summed E-state index contributed by atoms with van der Waals surface area (Å²) < 4.78 is 39.4. The molecule has 0 bridgehead atoms. The smallest absolute Gasteiger partial charge is 0.503 e. The van der Waals surface area contributed by atoms with Gasteiger partial charge in [-0.15, -0.1) is 13.2 Å². The molecule has 0 aliphatic heterocycles. The van der Waals surface area contributed by atoms with Crippen molar-refractivity contribution in [3.8, 4) is 17.7 Å². The molecule has 0 aliphatic carbocycles. The van der Waals surface area contributed by atoms with Crippen LogP contribution in [0.15, 0.2) is 6.20 Å². The van der Waals surface area contributed by atoms with E-state index in [1.165, 1.54) is 0 Å².